The second-order valence-corrected chi connectivity index (χ2v) is 14.6. The van der Waals surface area contributed by atoms with E-state index in [0.29, 0.717) is 28.9 Å². The molecule has 1 atom stereocenters. The van der Waals surface area contributed by atoms with E-state index in [2.05, 4.69) is 86.7 Å². The van der Waals surface area contributed by atoms with Crippen molar-refractivity contribution in [1.29, 1.82) is 0 Å². The first-order valence-corrected chi connectivity index (χ1v) is 18.7. The summed E-state index contributed by atoms with van der Waals surface area (Å²) in [5.74, 6) is 2.81. The molecule has 3 aromatic heterocycles. The molecule has 0 saturated carbocycles. The van der Waals surface area contributed by atoms with Gasteiger partial charge in [0, 0.05) is 43.8 Å². The highest BCUT2D eigenvalue weighted by Crippen LogP contribution is 2.44. The summed E-state index contributed by atoms with van der Waals surface area (Å²) in [5, 5.41) is 12.8. The van der Waals surface area contributed by atoms with Crippen LogP contribution in [-0.4, -0.2) is 30.0 Å². The molecule has 0 saturated heterocycles. The van der Waals surface area contributed by atoms with Gasteiger partial charge in [0.15, 0.2) is 17.5 Å². The van der Waals surface area contributed by atoms with Crippen LogP contribution in [0.5, 0.6) is 5.75 Å². The molecule has 1 unspecified atom stereocenters. The minimum absolute atomic E-state index is 0.0248. The average molecular weight is 706 g/mol. The number of hydrogen-bond donors (Lipinski definition) is 1. The maximum absolute atomic E-state index is 11.7. The number of nitrogens with zero attached hydrogens (tertiary/aromatic N) is 5. The van der Waals surface area contributed by atoms with E-state index in [1.165, 1.54) is 4.70 Å². The summed E-state index contributed by atoms with van der Waals surface area (Å²) in [7, 11) is 0. The smallest absolute Gasteiger partial charge is 0.164 e. The number of rotatable bonds is 7. The van der Waals surface area contributed by atoms with Crippen molar-refractivity contribution in [2.45, 2.75) is 32.1 Å². The van der Waals surface area contributed by atoms with Crippen LogP contribution in [0.25, 0.3) is 76.9 Å². The molecule has 0 bridgehead atoms. The van der Waals surface area contributed by atoms with Crippen molar-refractivity contribution in [2.24, 2.45) is 0 Å². The summed E-state index contributed by atoms with van der Waals surface area (Å²) in [4.78, 5) is 25.6. The lowest BCUT2D eigenvalue weighted by Crippen LogP contribution is -2.08. The summed E-state index contributed by atoms with van der Waals surface area (Å²) >= 11 is 1.71. The third-order valence-corrected chi connectivity index (χ3v) is 10.9. The zero-order valence-electron chi connectivity index (χ0n) is 29.3. The molecule has 256 valence electrons. The van der Waals surface area contributed by atoms with Crippen LogP contribution in [0.3, 0.4) is 0 Å². The van der Waals surface area contributed by atoms with E-state index in [9.17, 15) is 5.11 Å². The standard InChI is InChI=1S/C46H35N5OS/c1-28(2)33-22-14-23-35(46-50-43(30-17-8-4-9-18-30)49-44(51-46)31-19-10-5-11-20-31)39(33)36-27-32(25-26-37(36)52)45-47-40(29-15-6-3-7-16-29)42-41(48-45)34-21-12-13-24-38(34)53-42/h3-19,21-28,31,52H,20H2,1-2H3. The first-order chi connectivity index (χ1) is 26.0. The van der Waals surface area contributed by atoms with Crippen LogP contribution in [0, 0.1) is 0 Å². The van der Waals surface area contributed by atoms with Crippen molar-refractivity contribution in [1.82, 2.24) is 24.9 Å². The maximum atomic E-state index is 11.7. The van der Waals surface area contributed by atoms with Gasteiger partial charge >= 0.3 is 0 Å². The molecule has 0 radical (unpaired) electrons. The number of phenols is 1. The molecule has 53 heavy (non-hydrogen) atoms. The third-order valence-electron chi connectivity index (χ3n) is 9.75. The summed E-state index contributed by atoms with van der Waals surface area (Å²) < 4.78 is 2.22. The zero-order chi connectivity index (χ0) is 35.9. The normalized spacial score (nSPS) is 14.1. The number of aromatic hydroxyl groups is 1. The second kappa shape index (κ2) is 13.7. The molecule has 0 aliphatic heterocycles. The van der Waals surface area contributed by atoms with Gasteiger partial charge in [-0.15, -0.1) is 11.3 Å². The predicted octanol–water partition coefficient (Wildman–Crippen LogP) is 11.8. The van der Waals surface area contributed by atoms with Crippen molar-refractivity contribution in [2.75, 3.05) is 0 Å². The number of fused-ring (bicyclic) bond motifs is 3. The van der Waals surface area contributed by atoms with E-state index in [4.69, 9.17) is 24.9 Å². The second-order valence-electron chi connectivity index (χ2n) is 13.6. The van der Waals surface area contributed by atoms with Crippen LogP contribution in [0.15, 0.2) is 146 Å². The first-order valence-electron chi connectivity index (χ1n) is 17.9. The van der Waals surface area contributed by atoms with Gasteiger partial charge in [-0.3, -0.25) is 0 Å². The van der Waals surface area contributed by atoms with Crippen molar-refractivity contribution >= 4 is 31.6 Å². The molecule has 0 fully saturated rings. The highest BCUT2D eigenvalue weighted by atomic mass is 32.1. The Morgan fingerprint density at radius 3 is 2.15 bits per heavy atom. The molecule has 9 rings (SSSR count). The van der Waals surface area contributed by atoms with Gasteiger partial charge in [-0.2, -0.15) is 0 Å². The van der Waals surface area contributed by atoms with Crippen LogP contribution in [-0.2, 0) is 0 Å². The summed E-state index contributed by atoms with van der Waals surface area (Å²) in [6.45, 7) is 4.34. The molecular weight excluding hydrogens is 671 g/mol. The molecular formula is C46H35N5OS. The van der Waals surface area contributed by atoms with Crippen molar-refractivity contribution in [3.63, 3.8) is 0 Å². The summed E-state index contributed by atoms with van der Waals surface area (Å²) in [5.41, 5.74) is 8.01. The highest BCUT2D eigenvalue weighted by Gasteiger charge is 2.24. The topological polar surface area (TPSA) is 84.7 Å². The average Bonchev–Trinajstić information content (AvgIpc) is 3.60. The van der Waals surface area contributed by atoms with Crippen molar-refractivity contribution < 1.29 is 5.11 Å². The quantitative estimate of drug-likeness (QED) is 0.178. The monoisotopic (exact) mass is 705 g/mol. The number of benzene rings is 5. The maximum Gasteiger partial charge on any atom is 0.164 e. The van der Waals surface area contributed by atoms with Gasteiger partial charge in [-0.25, -0.2) is 24.9 Å². The van der Waals surface area contributed by atoms with E-state index in [1.54, 1.807) is 17.4 Å². The summed E-state index contributed by atoms with van der Waals surface area (Å²) in [6.07, 6.45) is 9.21. The molecule has 3 heterocycles. The Kier molecular flexibility index (Phi) is 8.41. The van der Waals surface area contributed by atoms with Gasteiger partial charge in [0.25, 0.3) is 0 Å². The van der Waals surface area contributed by atoms with Gasteiger partial charge in [-0.1, -0.05) is 135 Å². The van der Waals surface area contributed by atoms with Gasteiger partial charge in [0.05, 0.1) is 15.9 Å². The fraction of sp³-hybridized carbons (Fsp3) is 0.109. The predicted molar refractivity (Wildman–Crippen MR) is 217 cm³/mol. The van der Waals surface area contributed by atoms with Crippen LogP contribution in [0.2, 0.25) is 0 Å². The Bertz CT molecular complexity index is 2700. The number of aromatic nitrogens is 5. The Balaban J connectivity index is 1.26. The van der Waals surface area contributed by atoms with Gasteiger partial charge in [0.2, 0.25) is 0 Å². The number of hydrogen-bond acceptors (Lipinski definition) is 7. The highest BCUT2D eigenvalue weighted by molar-refractivity contribution is 7.26. The van der Waals surface area contributed by atoms with Crippen LogP contribution in [0.1, 0.15) is 43.5 Å². The fourth-order valence-corrected chi connectivity index (χ4v) is 8.25. The minimum atomic E-state index is 0.0248. The van der Waals surface area contributed by atoms with E-state index >= 15 is 0 Å². The number of phenolic OH excluding ortho intramolecular Hbond substituents is 1. The Labute approximate surface area is 312 Å². The first kappa shape index (κ1) is 32.6. The molecule has 8 aromatic rings. The lowest BCUT2D eigenvalue weighted by atomic mass is 9.87. The molecule has 6 nitrogen and oxygen atoms in total. The lowest BCUT2D eigenvalue weighted by Gasteiger charge is -2.20. The van der Waals surface area contributed by atoms with Crippen molar-refractivity contribution in [3.05, 3.63) is 157 Å². The fourth-order valence-electron chi connectivity index (χ4n) is 7.09. The molecule has 5 aromatic carbocycles. The van der Waals surface area contributed by atoms with Gasteiger partial charge in [-0.05, 0) is 47.7 Å². The van der Waals surface area contributed by atoms with E-state index in [-0.39, 0.29) is 17.6 Å². The Morgan fingerprint density at radius 1 is 0.642 bits per heavy atom. The van der Waals surface area contributed by atoms with Gasteiger partial charge < -0.3 is 5.11 Å². The molecule has 1 aliphatic rings. The molecule has 1 aliphatic carbocycles. The van der Waals surface area contributed by atoms with Crippen LogP contribution in [0.4, 0.5) is 0 Å². The number of allylic oxidation sites excluding steroid dienone is 4. The SMILES string of the molecule is CC(C)c1cccc(-c2nc(-c3ccccc3)nc(C3C=CC=CC3)n2)c1-c1cc(-c2nc(-c3ccccc3)c3sc4ccccc4c3n2)ccc1O. The minimum Gasteiger partial charge on any atom is -0.507 e. The summed E-state index contributed by atoms with van der Waals surface area (Å²) in [6, 6.07) is 40.6. The van der Waals surface area contributed by atoms with E-state index < -0.39 is 0 Å². The molecule has 0 spiro atoms. The van der Waals surface area contributed by atoms with E-state index in [1.807, 2.05) is 66.7 Å². The van der Waals surface area contributed by atoms with Gasteiger partial charge in [0.1, 0.15) is 11.6 Å². The molecule has 0 amide bonds. The lowest BCUT2D eigenvalue weighted by molar-refractivity contribution is 0.477. The molecule has 1 N–H and O–H groups in total. The van der Waals surface area contributed by atoms with Crippen LogP contribution >= 0.6 is 11.3 Å². The zero-order valence-corrected chi connectivity index (χ0v) is 30.1. The Morgan fingerprint density at radius 2 is 1.38 bits per heavy atom. The molecule has 7 heteroatoms. The third kappa shape index (κ3) is 6.09. The largest absolute Gasteiger partial charge is 0.507 e. The van der Waals surface area contributed by atoms with E-state index in [0.717, 1.165) is 61.1 Å². The van der Waals surface area contributed by atoms with Crippen molar-refractivity contribution in [3.8, 4) is 62.3 Å². The van der Waals surface area contributed by atoms with Crippen LogP contribution < -0.4 is 0 Å². The Hall–Kier alpha value is -6.31. The number of thiophene rings is 1.